The van der Waals surface area contributed by atoms with E-state index in [1.165, 1.54) is 11.3 Å². The van der Waals surface area contributed by atoms with Gasteiger partial charge in [0.25, 0.3) is 5.91 Å². The van der Waals surface area contributed by atoms with Gasteiger partial charge in [0.1, 0.15) is 11.8 Å². The van der Waals surface area contributed by atoms with Gasteiger partial charge in [0.15, 0.2) is 5.78 Å². The lowest BCUT2D eigenvalue weighted by molar-refractivity contribution is -0.136. The van der Waals surface area contributed by atoms with Gasteiger partial charge in [-0.05, 0) is 61.4 Å². The molecule has 1 atom stereocenters. The molecule has 0 N–H and O–H groups in total. The van der Waals surface area contributed by atoms with Gasteiger partial charge in [0.2, 0.25) is 5.91 Å². The fourth-order valence-electron chi connectivity index (χ4n) is 4.37. The van der Waals surface area contributed by atoms with Crippen LogP contribution in [0.15, 0.2) is 41.8 Å². The maximum Gasteiger partial charge on any atom is 0.264 e. The molecule has 2 amide bonds. The smallest absolute Gasteiger partial charge is 0.264 e. The molecule has 6 nitrogen and oxygen atoms in total. The molecule has 2 aliphatic rings. The number of hydrogen-bond donors (Lipinski definition) is 0. The van der Waals surface area contributed by atoms with Crippen molar-refractivity contribution in [3.05, 3.63) is 52.2 Å². The van der Waals surface area contributed by atoms with Gasteiger partial charge in [0, 0.05) is 31.1 Å². The van der Waals surface area contributed by atoms with Crippen molar-refractivity contribution in [1.29, 1.82) is 0 Å². The molecular formula is C23H26N2O4S. The number of thiophene rings is 1. The Hall–Kier alpha value is -2.67. The highest BCUT2D eigenvalue weighted by atomic mass is 32.1. The normalized spacial score (nSPS) is 19.7. The Morgan fingerprint density at radius 2 is 1.73 bits per heavy atom. The summed E-state index contributed by atoms with van der Waals surface area (Å²) in [4.78, 5) is 42.9. The first-order chi connectivity index (χ1) is 14.6. The standard InChI is InChI=1S/C23H26N2O4S/c1-29-18-8-6-16(7-9-18)21(26)17-10-13-24(14-11-17)22(27)19-4-2-12-25(19)23(28)20-5-3-15-30-20/h3,5-9,15,17,19H,2,4,10-14H2,1H3/t19-/m0/s1. The molecule has 1 aromatic carbocycles. The molecule has 2 aromatic rings. The number of piperidine rings is 1. The minimum absolute atomic E-state index is 0.0211. The monoisotopic (exact) mass is 426 g/mol. The predicted molar refractivity (Wildman–Crippen MR) is 115 cm³/mol. The highest BCUT2D eigenvalue weighted by Gasteiger charge is 2.38. The minimum Gasteiger partial charge on any atom is -0.497 e. The Labute approximate surface area is 180 Å². The van der Waals surface area contributed by atoms with Crippen LogP contribution in [-0.2, 0) is 4.79 Å². The third-order valence-electron chi connectivity index (χ3n) is 6.08. The summed E-state index contributed by atoms with van der Waals surface area (Å²) in [6.45, 7) is 1.74. The molecule has 7 heteroatoms. The average molecular weight is 427 g/mol. The van der Waals surface area contributed by atoms with Crippen molar-refractivity contribution >= 4 is 28.9 Å². The molecule has 2 saturated heterocycles. The first-order valence-electron chi connectivity index (χ1n) is 10.4. The van der Waals surface area contributed by atoms with Crippen LogP contribution in [0.25, 0.3) is 0 Å². The molecule has 0 unspecified atom stereocenters. The second-order valence-corrected chi connectivity index (χ2v) is 8.77. The molecular weight excluding hydrogens is 400 g/mol. The molecule has 0 aliphatic carbocycles. The highest BCUT2D eigenvalue weighted by molar-refractivity contribution is 7.12. The number of rotatable bonds is 5. The van der Waals surface area contributed by atoms with Crippen LogP contribution in [0.4, 0.5) is 0 Å². The summed E-state index contributed by atoms with van der Waals surface area (Å²) < 4.78 is 5.15. The molecule has 158 valence electrons. The van der Waals surface area contributed by atoms with Crippen molar-refractivity contribution in [3.63, 3.8) is 0 Å². The van der Waals surface area contributed by atoms with Crippen LogP contribution in [0.1, 0.15) is 45.7 Å². The van der Waals surface area contributed by atoms with Gasteiger partial charge >= 0.3 is 0 Å². The Kier molecular flexibility index (Phi) is 6.18. The van der Waals surface area contributed by atoms with Gasteiger partial charge in [-0.1, -0.05) is 6.07 Å². The Bertz CT molecular complexity index is 902. The fraction of sp³-hybridized carbons (Fsp3) is 0.435. The molecule has 0 saturated carbocycles. The summed E-state index contributed by atoms with van der Waals surface area (Å²) in [7, 11) is 1.60. The molecule has 30 heavy (non-hydrogen) atoms. The van der Waals surface area contributed by atoms with E-state index in [1.807, 2.05) is 22.4 Å². The van der Waals surface area contributed by atoms with Crippen LogP contribution in [0.2, 0.25) is 0 Å². The fourth-order valence-corrected chi connectivity index (χ4v) is 5.05. The predicted octanol–water partition coefficient (Wildman–Crippen LogP) is 3.48. The van der Waals surface area contributed by atoms with Crippen molar-refractivity contribution in [2.45, 2.75) is 31.7 Å². The number of amides is 2. The SMILES string of the molecule is COc1ccc(C(=O)C2CCN(C(=O)[C@@H]3CCCN3C(=O)c3cccs3)CC2)cc1. The van der Waals surface area contributed by atoms with Crippen molar-refractivity contribution in [2.24, 2.45) is 5.92 Å². The van der Waals surface area contributed by atoms with Gasteiger partial charge in [-0.15, -0.1) is 11.3 Å². The van der Waals surface area contributed by atoms with Gasteiger partial charge in [-0.25, -0.2) is 0 Å². The quantitative estimate of drug-likeness (QED) is 0.687. The number of Topliss-reactive ketones (excluding diaryl/α,β-unsaturated/α-hetero) is 1. The summed E-state index contributed by atoms with van der Waals surface area (Å²) in [5.74, 6) is 0.748. The van der Waals surface area contributed by atoms with E-state index in [4.69, 9.17) is 4.74 Å². The van der Waals surface area contributed by atoms with Crippen molar-refractivity contribution in [3.8, 4) is 5.75 Å². The molecule has 2 aliphatic heterocycles. The topological polar surface area (TPSA) is 66.9 Å². The van der Waals surface area contributed by atoms with E-state index in [1.54, 1.807) is 36.3 Å². The van der Waals surface area contributed by atoms with Crippen molar-refractivity contribution in [2.75, 3.05) is 26.7 Å². The van der Waals surface area contributed by atoms with Crippen LogP contribution in [0.3, 0.4) is 0 Å². The van der Waals surface area contributed by atoms with Crippen molar-refractivity contribution in [1.82, 2.24) is 9.80 Å². The number of carbonyl (C=O) groups excluding carboxylic acids is 3. The Morgan fingerprint density at radius 1 is 1.00 bits per heavy atom. The zero-order valence-electron chi connectivity index (χ0n) is 17.1. The summed E-state index contributed by atoms with van der Waals surface area (Å²) in [6.07, 6.45) is 2.87. The Morgan fingerprint density at radius 3 is 2.37 bits per heavy atom. The van der Waals surface area contributed by atoms with Crippen LogP contribution >= 0.6 is 11.3 Å². The number of benzene rings is 1. The molecule has 0 bridgehead atoms. The number of methoxy groups -OCH3 is 1. The zero-order valence-corrected chi connectivity index (χ0v) is 17.9. The second-order valence-electron chi connectivity index (χ2n) is 7.83. The van der Waals surface area contributed by atoms with Crippen LogP contribution < -0.4 is 4.74 Å². The molecule has 2 fully saturated rings. The number of ketones is 1. The van der Waals surface area contributed by atoms with Crippen LogP contribution in [0, 0.1) is 5.92 Å². The third kappa shape index (κ3) is 4.12. The van der Waals surface area contributed by atoms with E-state index < -0.39 is 0 Å². The van der Waals surface area contributed by atoms with Gasteiger partial charge in [-0.2, -0.15) is 0 Å². The molecule has 4 rings (SSSR count). The van der Waals surface area contributed by atoms with Crippen LogP contribution in [-0.4, -0.2) is 60.2 Å². The van der Waals surface area contributed by atoms with E-state index in [-0.39, 0.29) is 29.6 Å². The second kappa shape index (κ2) is 9.00. The van der Waals surface area contributed by atoms with Gasteiger partial charge in [-0.3, -0.25) is 14.4 Å². The zero-order chi connectivity index (χ0) is 21.1. The number of ether oxygens (including phenoxy) is 1. The van der Waals surface area contributed by atoms with E-state index >= 15 is 0 Å². The molecule has 1 aromatic heterocycles. The number of hydrogen-bond acceptors (Lipinski definition) is 5. The first-order valence-corrected chi connectivity index (χ1v) is 11.3. The summed E-state index contributed by atoms with van der Waals surface area (Å²) in [6, 6.07) is 10.5. The van der Waals surface area contributed by atoms with Gasteiger partial charge < -0.3 is 14.5 Å². The van der Waals surface area contributed by atoms with E-state index in [2.05, 4.69) is 0 Å². The lowest BCUT2D eigenvalue weighted by Gasteiger charge is -2.35. The lowest BCUT2D eigenvalue weighted by atomic mass is 9.88. The summed E-state index contributed by atoms with van der Waals surface area (Å²) in [5, 5.41) is 1.88. The number of carbonyl (C=O) groups is 3. The van der Waals surface area contributed by atoms with E-state index in [0.717, 1.165) is 12.2 Å². The van der Waals surface area contributed by atoms with Gasteiger partial charge in [0.05, 0.1) is 12.0 Å². The minimum atomic E-state index is -0.381. The number of nitrogens with zero attached hydrogens (tertiary/aromatic N) is 2. The molecule has 0 spiro atoms. The lowest BCUT2D eigenvalue weighted by Crippen LogP contribution is -2.50. The molecule has 3 heterocycles. The highest BCUT2D eigenvalue weighted by Crippen LogP contribution is 2.27. The summed E-state index contributed by atoms with van der Waals surface area (Å²) in [5.41, 5.74) is 0.684. The maximum atomic E-state index is 13.1. The largest absolute Gasteiger partial charge is 0.497 e. The maximum absolute atomic E-state index is 13.1. The van der Waals surface area contributed by atoms with Crippen molar-refractivity contribution < 1.29 is 19.1 Å². The third-order valence-corrected chi connectivity index (χ3v) is 6.94. The van der Waals surface area contributed by atoms with E-state index in [9.17, 15) is 14.4 Å². The van der Waals surface area contributed by atoms with E-state index in [0.29, 0.717) is 49.3 Å². The summed E-state index contributed by atoms with van der Waals surface area (Å²) >= 11 is 1.41. The first kappa shape index (κ1) is 20.6. The Balaban J connectivity index is 1.35. The van der Waals surface area contributed by atoms with Crippen LogP contribution in [0.5, 0.6) is 5.75 Å². The average Bonchev–Trinajstić information content (AvgIpc) is 3.50. The number of likely N-dealkylation sites (tertiary alicyclic amines) is 2. The molecule has 0 radical (unpaired) electrons.